The maximum Gasteiger partial charge on any atom is 1.00 e. The Kier molecular flexibility index (Phi) is 38.1. The zero-order valence-corrected chi connectivity index (χ0v) is 35.3. The Morgan fingerprint density at radius 2 is 0.723 bits per heavy atom. The van der Waals surface area contributed by atoms with E-state index in [9.17, 15) is 17.3 Å². The molecule has 0 heterocycles. The molecule has 2 aromatic carbocycles. The van der Waals surface area contributed by atoms with Gasteiger partial charge in [-0.1, -0.05) is 160 Å². The van der Waals surface area contributed by atoms with Gasteiger partial charge in [0, 0.05) is 26.0 Å². The summed E-state index contributed by atoms with van der Waals surface area (Å²) in [5.74, 6) is 0. The van der Waals surface area contributed by atoms with Crippen LogP contribution >= 0.6 is 15.8 Å². The molecule has 0 fully saturated rings. The number of benzene rings is 2. The van der Waals surface area contributed by atoms with E-state index in [0.29, 0.717) is 0 Å². The van der Waals surface area contributed by atoms with Gasteiger partial charge >= 0.3 is 27.0 Å². The first kappa shape index (κ1) is 54.7. The summed E-state index contributed by atoms with van der Waals surface area (Å²) in [6, 6.07) is 23.3. The molecule has 0 aliphatic rings. The minimum Gasteiger partial charge on any atom is -0.418 e. The fourth-order valence-electron chi connectivity index (χ4n) is 5.10. The molecule has 0 N–H and O–H groups in total. The van der Waals surface area contributed by atoms with Crippen molar-refractivity contribution in [2.24, 2.45) is 0 Å². The molecule has 0 saturated carbocycles. The maximum atomic E-state index is 9.75. The van der Waals surface area contributed by atoms with Crippen molar-refractivity contribution in [1.29, 1.82) is 10.5 Å². The molecule has 0 unspecified atom stereocenters. The third-order valence-corrected chi connectivity index (χ3v) is 13.0. The first-order valence-electron chi connectivity index (χ1n) is 15.6. The van der Waals surface area contributed by atoms with E-state index in [-0.39, 0.29) is 35.6 Å². The monoisotopic (exact) mass is 871 g/mol. The topological polar surface area (TPSA) is 47.6 Å². The fraction of sp³-hybridized carbons (Fsp3) is 0.541. The van der Waals surface area contributed by atoms with Crippen LogP contribution in [0.4, 0.5) is 17.3 Å². The van der Waals surface area contributed by atoms with Crippen LogP contribution in [0.2, 0.25) is 0 Å². The fourth-order valence-corrected chi connectivity index (χ4v) is 12.3. The minimum atomic E-state index is -6.00. The SMILES string of the molecule is CC#N.CC#N.CC(C)P(C(C)C)C(C)C.CC(C)P(C(C)C)C(C)C.F[B-](F)(F)F.[C]=C=C(c1ccccc1)c1ccccc1.[Os+]. The van der Waals surface area contributed by atoms with Gasteiger partial charge in [-0.05, 0) is 45.1 Å². The van der Waals surface area contributed by atoms with E-state index in [2.05, 4.69) is 88.8 Å². The molecule has 2 nitrogen and oxygen atoms in total. The van der Waals surface area contributed by atoms with Gasteiger partial charge in [-0.15, -0.1) is 5.73 Å². The van der Waals surface area contributed by atoms with Crippen molar-refractivity contribution in [2.45, 2.75) is 131 Å². The van der Waals surface area contributed by atoms with Crippen LogP contribution in [0.3, 0.4) is 0 Å². The van der Waals surface area contributed by atoms with E-state index in [0.717, 1.165) is 50.7 Å². The Morgan fingerprint density at radius 3 is 0.830 bits per heavy atom. The van der Waals surface area contributed by atoms with E-state index in [1.54, 1.807) is 12.1 Å². The van der Waals surface area contributed by atoms with Gasteiger partial charge in [-0.25, -0.2) is 0 Å². The molecule has 0 aromatic heterocycles. The Bertz CT molecular complexity index is 1000. The number of halogens is 4. The first-order valence-corrected chi connectivity index (χ1v) is 18.7. The molecular formula is C37H58BF4N2OsP2. The number of nitriles is 2. The zero-order valence-electron chi connectivity index (χ0n) is 31.0. The second kappa shape index (κ2) is 32.8. The van der Waals surface area contributed by atoms with Gasteiger partial charge in [-0.2, -0.15) is 10.5 Å². The largest absolute Gasteiger partial charge is 1.00 e. The minimum absolute atomic E-state index is 0. The molecule has 2 aromatic rings. The summed E-state index contributed by atoms with van der Waals surface area (Å²) < 4.78 is 39.0. The van der Waals surface area contributed by atoms with Gasteiger partial charge < -0.3 is 17.3 Å². The summed E-state index contributed by atoms with van der Waals surface area (Å²) in [5.41, 5.74) is 10.8. The van der Waals surface area contributed by atoms with Crippen LogP contribution in [-0.4, -0.2) is 41.2 Å². The first-order chi connectivity index (χ1) is 21.2. The zero-order chi connectivity index (χ0) is 37.0. The second-order valence-corrected chi connectivity index (χ2v) is 19.6. The predicted octanol–water partition coefficient (Wildman–Crippen LogP) is 13.3. The Balaban J connectivity index is -0.000000164. The Morgan fingerprint density at radius 1 is 0.553 bits per heavy atom. The molecular weight excluding hydrogens is 811 g/mol. The van der Waals surface area contributed by atoms with Crippen LogP contribution < -0.4 is 0 Å². The van der Waals surface area contributed by atoms with E-state index >= 15 is 0 Å². The summed E-state index contributed by atoms with van der Waals surface area (Å²) >= 11 is 0. The molecule has 0 atom stereocenters. The molecule has 10 heteroatoms. The number of nitrogens with zero attached hydrogens (tertiary/aromatic N) is 2. The van der Waals surface area contributed by atoms with Crippen LogP contribution in [0.15, 0.2) is 66.4 Å². The molecule has 0 aliphatic heterocycles. The van der Waals surface area contributed by atoms with Gasteiger partial charge in [0.1, 0.15) is 0 Å². The van der Waals surface area contributed by atoms with Crippen molar-refractivity contribution in [2.75, 3.05) is 0 Å². The average Bonchev–Trinajstić information content (AvgIpc) is 2.90. The maximum absolute atomic E-state index is 9.75. The summed E-state index contributed by atoms with van der Waals surface area (Å²) in [7, 11) is -5.48. The molecule has 0 aliphatic carbocycles. The van der Waals surface area contributed by atoms with Crippen LogP contribution in [0.5, 0.6) is 0 Å². The van der Waals surface area contributed by atoms with Crippen molar-refractivity contribution in [1.82, 2.24) is 0 Å². The van der Waals surface area contributed by atoms with Crippen molar-refractivity contribution in [3.05, 3.63) is 84.1 Å². The van der Waals surface area contributed by atoms with Crippen LogP contribution in [0, 0.1) is 29.2 Å². The number of hydrogen-bond acceptors (Lipinski definition) is 2. The van der Waals surface area contributed by atoms with Crippen LogP contribution in [-0.2, 0) is 19.8 Å². The molecule has 47 heavy (non-hydrogen) atoms. The van der Waals surface area contributed by atoms with Crippen molar-refractivity contribution in [3.63, 3.8) is 0 Å². The van der Waals surface area contributed by atoms with Crippen LogP contribution in [0.25, 0.3) is 5.57 Å². The normalized spacial score (nSPS) is 9.96. The Hall–Kier alpha value is -1.78. The standard InChI is InChI=1S/C15H10.2C9H21P.2C2H3N.BF4.Os/c1-2-15(13-9-5-3-6-10-13)14-11-7-4-8-12-14;2*1-7(2)10(8(3)4)9(5)6;2*1-2-3;2-1(3,4)5;/h3-12H;2*7-9H,1-6H3;2*1H3;;/q;;;;;-1;+1. The molecule has 0 amide bonds. The van der Waals surface area contributed by atoms with Gasteiger partial charge in [0.15, 0.2) is 0 Å². The van der Waals surface area contributed by atoms with E-state index in [1.807, 2.05) is 60.7 Å². The predicted molar refractivity (Wildman–Crippen MR) is 200 cm³/mol. The van der Waals surface area contributed by atoms with Crippen molar-refractivity contribution >= 4 is 28.7 Å². The van der Waals surface area contributed by atoms with Gasteiger partial charge in [0.2, 0.25) is 0 Å². The van der Waals surface area contributed by atoms with E-state index < -0.39 is 7.25 Å². The molecule has 0 bridgehead atoms. The average molecular weight is 870 g/mol. The van der Waals surface area contributed by atoms with Gasteiger partial charge in [-0.3, -0.25) is 0 Å². The number of hydrogen-bond donors (Lipinski definition) is 0. The van der Waals surface area contributed by atoms with Gasteiger partial charge in [0.25, 0.3) is 0 Å². The van der Waals surface area contributed by atoms with Gasteiger partial charge in [0.05, 0.1) is 12.1 Å². The summed E-state index contributed by atoms with van der Waals surface area (Å²) in [6.07, 6.45) is 0. The second-order valence-electron chi connectivity index (χ2n) is 11.6. The summed E-state index contributed by atoms with van der Waals surface area (Å²) in [4.78, 5) is 0. The molecule has 0 spiro atoms. The van der Waals surface area contributed by atoms with E-state index in [4.69, 9.17) is 17.1 Å². The molecule has 0 saturated heterocycles. The molecule has 3 radical (unpaired) electrons. The third-order valence-electron chi connectivity index (χ3n) is 5.83. The van der Waals surface area contributed by atoms with Crippen molar-refractivity contribution in [3.8, 4) is 12.1 Å². The summed E-state index contributed by atoms with van der Waals surface area (Å²) in [6.45, 7) is 38.4. The smallest absolute Gasteiger partial charge is 0.418 e. The van der Waals surface area contributed by atoms with E-state index in [1.165, 1.54) is 13.8 Å². The summed E-state index contributed by atoms with van der Waals surface area (Å²) in [5, 5.41) is 14.6. The number of rotatable bonds is 8. The Labute approximate surface area is 302 Å². The molecule has 2 rings (SSSR count). The molecule has 265 valence electrons. The van der Waals surface area contributed by atoms with Crippen LogP contribution in [0.1, 0.15) is 108 Å². The van der Waals surface area contributed by atoms with Crippen molar-refractivity contribution < 1.29 is 37.1 Å². The quantitative estimate of drug-likeness (QED) is 0.115. The third kappa shape index (κ3) is 33.9.